The molecule has 0 saturated carbocycles. The first-order chi connectivity index (χ1) is 30.8. The van der Waals surface area contributed by atoms with Crippen molar-refractivity contribution < 1.29 is 66.9 Å². The van der Waals surface area contributed by atoms with Gasteiger partial charge >= 0.3 is 17.9 Å². The van der Waals surface area contributed by atoms with Gasteiger partial charge in [-0.25, -0.2) is 14.4 Å². The molecule has 11 unspecified atom stereocenters. The lowest BCUT2D eigenvalue weighted by molar-refractivity contribution is -0.384. The maximum atomic E-state index is 14.1. The number of unbranched alkanes of at least 4 members (excludes halogenated alkanes) is 1. The average molecular weight is 868 g/mol. The second-order valence-electron chi connectivity index (χ2n) is 14.8. The zero-order valence-corrected chi connectivity index (χ0v) is 34.4. The average Bonchev–Trinajstić information content (AvgIpc) is 3.33. The summed E-state index contributed by atoms with van der Waals surface area (Å²) in [6.45, 7) is 1.83. The van der Waals surface area contributed by atoms with E-state index in [-0.39, 0.29) is 43.1 Å². The molecule has 332 valence electrons. The number of aliphatic hydroxyl groups excluding tert-OH is 1. The van der Waals surface area contributed by atoms with Crippen LogP contribution in [0, 0.1) is 0 Å². The third-order valence-corrected chi connectivity index (χ3v) is 10.5. The van der Waals surface area contributed by atoms with Gasteiger partial charge in [-0.15, -0.1) is 0 Å². The van der Waals surface area contributed by atoms with Crippen LogP contribution in [0.15, 0.2) is 126 Å². The topological polar surface area (TPSA) is 212 Å². The van der Waals surface area contributed by atoms with Crippen molar-refractivity contribution in [3.05, 3.63) is 154 Å². The number of fused-ring (bicyclic) bond motifs is 1. The summed E-state index contributed by atoms with van der Waals surface area (Å²) in [6, 6.07) is 33.6. The van der Waals surface area contributed by atoms with Crippen molar-refractivity contribution >= 4 is 17.9 Å². The summed E-state index contributed by atoms with van der Waals surface area (Å²) >= 11 is 0. The summed E-state index contributed by atoms with van der Waals surface area (Å²) in [6.07, 6.45) is -13.1. The molecule has 4 aromatic rings. The van der Waals surface area contributed by atoms with Gasteiger partial charge in [0.25, 0.3) is 0 Å². The second kappa shape index (κ2) is 22.6. The van der Waals surface area contributed by atoms with Crippen LogP contribution in [0.4, 0.5) is 0 Å². The Balaban J connectivity index is 1.27. The van der Waals surface area contributed by atoms with Gasteiger partial charge in [0.15, 0.2) is 37.2 Å². The minimum atomic E-state index is -1.59. The van der Waals surface area contributed by atoms with E-state index in [9.17, 15) is 19.5 Å². The molecule has 3 heterocycles. The molecule has 7 rings (SSSR count). The van der Waals surface area contributed by atoms with Gasteiger partial charge in [0.05, 0.1) is 36.5 Å². The molecule has 0 radical (unpaired) electrons. The summed E-state index contributed by atoms with van der Waals surface area (Å²) in [5.74, 6) is -2.42. The largest absolute Gasteiger partial charge is 0.452 e. The maximum absolute atomic E-state index is 14.1. The van der Waals surface area contributed by atoms with Gasteiger partial charge in [-0.05, 0) is 48.4 Å². The van der Waals surface area contributed by atoms with E-state index in [2.05, 4.69) is 10.0 Å². The Morgan fingerprint density at radius 2 is 1.25 bits per heavy atom. The Bertz CT molecular complexity index is 2110. The normalized spacial score (nSPS) is 27.8. The smallest absolute Gasteiger partial charge is 0.338 e. The van der Waals surface area contributed by atoms with Crippen molar-refractivity contribution in [1.29, 1.82) is 0 Å². The first kappa shape index (κ1) is 45.3. The lowest BCUT2D eigenvalue weighted by Gasteiger charge is -2.50. The van der Waals surface area contributed by atoms with E-state index in [1.165, 1.54) is 0 Å². The number of carbonyl (C=O) groups excluding carboxylic acids is 3. The molecule has 0 aliphatic carbocycles. The number of rotatable bonds is 18. The molecule has 63 heavy (non-hydrogen) atoms. The minimum absolute atomic E-state index is 0.0595. The number of carbonyl (C=O) groups is 3. The molecule has 0 aromatic heterocycles. The number of benzene rings is 4. The first-order valence-corrected chi connectivity index (χ1v) is 20.8. The molecule has 3 saturated heterocycles. The molecule has 11 atom stereocenters. The lowest BCUT2D eigenvalue weighted by Crippen LogP contribution is -2.67. The molecule has 17 nitrogen and oxygen atoms in total. The Labute approximate surface area is 363 Å². The molecule has 3 fully saturated rings. The summed E-state index contributed by atoms with van der Waals surface area (Å²) in [5.41, 5.74) is 10.2. The Hall–Kier alpha value is -5.72. The molecule has 1 N–H and O–H groups in total. The van der Waals surface area contributed by atoms with Crippen LogP contribution in [-0.4, -0.2) is 117 Å². The fourth-order valence-corrected chi connectivity index (χ4v) is 7.30. The highest BCUT2D eigenvalue weighted by molar-refractivity contribution is 5.90. The van der Waals surface area contributed by atoms with Gasteiger partial charge in [0.1, 0.15) is 30.5 Å². The molecule has 17 heteroatoms. The number of hydrogen-bond acceptors (Lipinski definition) is 15. The van der Waals surface area contributed by atoms with Gasteiger partial charge in [-0.2, -0.15) is 0 Å². The van der Waals surface area contributed by atoms with E-state index in [0.29, 0.717) is 18.6 Å². The number of nitrogens with zero attached hydrogens (tertiary/aromatic N) is 3. The molecule has 0 bridgehead atoms. The zero-order valence-electron chi connectivity index (χ0n) is 34.4. The highest BCUT2D eigenvalue weighted by Gasteiger charge is 2.57. The van der Waals surface area contributed by atoms with Crippen LogP contribution in [0.25, 0.3) is 10.4 Å². The first-order valence-electron chi connectivity index (χ1n) is 20.8. The predicted molar refractivity (Wildman–Crippen MR) is 221 cm³/mol. The van der Waals surface area contributed by atoms with Crippen molar-refractivity contribution in [2.24, 2.45) is 5.11 Å². The zero-order chi connectivity index (χ0) is 44.0. The highest BCUT2D eigenvalue weighted by atomic mass is 16.8. The van der Waals surface area contributed by atoms with Gasteiger partial charge in [-0.1, -0.05) is 103 Å². The second-order valence-corrected chi connectivity index (χ2v) is 14.8. The van der Waals surface area contributed by atoms with Crippen LogP contribution in [0.5, 0.6) is 0 Å². The van der Waals surface area contributed by atoms with E-state index in [1.54, 1.807) is 91.0 Å². The fraction of sp³-hybridized carbons (Fsp3) is 0.413. The van der Waals surface area contributed by atoms with Gasteiger partial charge in [0, 0.05) is 23.6 Å². The minimum Gasteiger partial charge on any atom is -0.452 e. The van der Waals surface area contributed by atoms with Crippen molar-refractivity contribution in [3.63, 3.8) is 0 Å². The quantitative estimate of drug-likeness (QED) is 0.0298. The van der Waals surface area contributed by atoms with E-state index >= 15 is 0 Å². The third kappa shape index (κ3) is 11.7. The Kier molecular flexibility index (Phi) is 16.2. The number of esters is 3. The van der Waals surface area contributed by atoms with Crippen molar-refractivity contribution in [2.75, 3.05) is 33.0 Å². The Morgan fingerprint density at radius 3 is 1.83 bits per heavy atom. The maximum Gasteiger partial charge on any atom is 0.338 e. The third-order valence-electron chi connectivity index (χ3n) is 10.5. The molecule has 3 aliphatic rings. The molecular weight excluding hydrogens is 819 g/mol. The van der Waals surface area contributed by atoms with Gasteiger partial charge < -0.3 is 52.5 Å². The Morgan fingerprint density at radius 1 is 0.698 bits per heavy atom. The molecular formula is C46H49N3O14. The van der Waals surface area contributed by atoms with E-state index in [0.717, 1.165) is 6.42 Å². The standard InChI is InChI=1S/C46H49N3O14/c1-2-3-25-54-27-33-37(39(60-42(52)30-18-10-5-11-19-30)40(45(57-33)55-26-24-48-49-47)61-43(53)31-20-12-6-13-21-31)63-46-38(59-41(51)29-16-8-4-9-17-29)35(50)36-34(58-46)28-56-44(62-36)32-22-14-7-15-23-32/h4-23,33-40,44-46,50H,2-3,24-28H2,1H3. The van der Waals surface area contributed by atoms with Gasteiger partial charge in [0.2, 0.25) is 0 Å². The summed E-state index contributed by atoms with van der Waals surface area (Å²) < 4.78 is 62.6. The van der Waals surface area contributed by atoms with Gasteiger partial charge in [-0.3, -0.25) is 0 Å². The summed E-state index contributed by atoms with van der Waals surface area (Å²) in [5, 5.41) is 15.7. The van der Waals surface area contributed by atoms with E-state index in [1.807, 2.05) is 37.3 Å². The number of aliphatic hydroxyl groups is 1. The molecule has 3 aliphatic heterocycles. The highest BCUT2D eigenvalue weighted by Crippen LogP contribution is 2.38. The molecule has 4 aromatic carbocycles. The van der Waals surface area contributed by atoms with Crippen molar-refractivity contribution in [3.8, 4) is 0 Å². The van der Waals surface area contributed by atoms with Crippen molar-refractivity contribution in [1.82, 2.24) is 0 Å². The number of hydrogen-bond donors (Lipinski definition) is 1. The number of azide groups is 1. The van der Waals surface area contributed by atoms with E-state index in [4.69, 9.17) is 52.9 Å². The van der Waals surface area contributed by atoms with Crippen LogP contribution in [0.3, 0.4) is 0 Å². The SMILES string of the molecule is CCCCOCC1OC(OCCN=[N+]=[N-])C(OC(=O)c2ccccc2)C(OC(=O)c2ccccc2)C1OC1OC2COC(c3ccccc3)OC2C(O)C1OC(=O)c1ccccc1. The van der Waals surface area contributed by atoms with Crippen LogP contribution in [-0.2, 0) is 47.4 Å². The van der Waals surface area contributed by atoms with Crippen LogP contribution >= 0.6 is 0 Å². The molecule has 0 amide bonds. The fourth-order valence-electron chi connectivity index (χ4n) is 7.30. The summed E-state index contributed by atoms with van der Waals surface area (Å²) in [7, 11) is 0. The lowest BCUT2D eigenvalue weighted by atomic mass is 9.95. The van der Waals surface area contributed by atoms with Crippen LogP contribution < -0.4 is 0 Å². The number of ether oxygens (including phenoxy) is 10. The predicted octanol–water partition coefficient (Wildman–Crippen LogP) is 6.12. The van der Waals surface area contributed by atoms with E-state index < -0.39 is 85.6 Å². The molecule has 0 spiro atoms. The summed E-state index contributed by atoms with van der Waals surface area (Å²) in [4.78, 5) is 44.4. The van der Waals surface area contributed by atoms with Crippen LogP contribution in [0.1, 0.15) is 62.7 Å². The monoisotopic (exact) mass is 867 g/mol. The van der Waals surface area contributed by atoms with Crippen LogP contribution in [0.2, 0.25) is 0 Å². The van der Waals surface area contributed by atoms with Crippen molar-refractivity contribution in [2.45, 2.75) is 87.5 Å².